The molecule has 0 radical (unpaired) electrons. The summed E-state index contributed by atoms with van der Waals surface area (Å²) in [6.07, 6.45) is 0.911. The number of anilines is 1. The van der Waals surface area contributed by atoms with Crippen molar-refractivity contribution in [2.75, 3.05) is 5.32 Å². The summed E-state index contributed by atoms with van der Waals surface area (Å²) in [6.45, 7) is 1.46. The Balaban J connectivity index is 1.72. The molecule has 0 aliphatic heterocycles. The Kier molecular flexibility index (Phi) is 6.58. The SMILES string of the molecule is CC(=O)N[C@@H](CC(=O)Nc1ccccc1Cc1ccccc1)c1ccccc1. The second-order valence-corrected chi connectivity index (χ2v) is 6.74. The molecule has 4 nitrogen and oxygen atoms in total. The fourth-order valence-electron chi connectivity index (χ4n) is 3.18. The number of hydrogen-bond donors (Lipinski definition) is 2. The molecule has 28 heavy (non-hydrogen) atoms. The summed E-state index contributed by atoms with van der Waals surface area (Å²) in [4.78, 5) is 24.3. The van der Waals surface area contributed by atoms with Gasteiger partial charge >= 0.3 is 0 Å². The topological polar surface area (TPSA) is 58.2 Å². The minimum atomic E-state index is -0.361. The molecule has 2 amide bonds. The first kappa shape index (κ1) is 19.4. The van der Waals surface area contributed by atoms with E-state index in [9.17, 15) is 9.59 Å². The summed E-state index contributed by atoms with van der Waals surface area (Å²) in [6, 6.07) is 27.1. The molecule has 0 aliphatic rings. The van der Waals surface area contributed by atoms with E-state index in [1.807, 2.05) is 72.8 Å². The Bertz CT molecular complexity index is 924. The first-order valence-corrected chi connectivity index (χ1v) is 9.35. The van der Waals surface area contributed by atoms with Gasteiger partial charge in [-0.15, -0.1) is 0 Å². The lowest BCUT2D eigenvalue weighted by Crippen LogP contribution is -2.29. The summed E-state index contributed by atoms with van der Waals surface area (Å²) in [5.41, 5.74) is 3.94. The predicted octanol–water partition coefficient (Wildman–Crippen LogP) is 4.48. The quantitative estimate of drug-likeness (QED) is 0.642. The zero-order chi connectivity index (χ0) is 19.8. The smallest absolute Gasteiger partial charge is 0.226 e. The molecule has 0 bridgehead atoms. The van der Waals surface area contributed by atoms with Crippen LogP contribution in [0.4, 0.5) is 5.69 Å². The predicted molar refractivity (Wildman–Crippen MR) is 112 cm³/mol. The van der Waals surface area contributed by atoms with Gasteiger partial charge in [0.1, 0.15) is 0 Å². The van der Waals surface area contributed by atoms with E-state index in [1.54, 1.807) is 0 Å². The fourth-order valence-corrected chi connectivity index (χ4v) is 3.18. The molecule has 0 aromatic heterocycles. The molecular formula is C24H24N2O2. The maximum absolute atomic E-state index is 12.7. The summed E-state index contributed by atoms with van der Waals surface area (Å²) in [5.74, 6) is -0.297. The van der Waals surface area contributed by atoms with Crippen LogP contribution < -0.4 is 10.6 Å². The molecule has 3 aromatic carbocycles. The highest BCUT2D eigenvalue weighted by Crippen LogP contribution is 2.22. The molecule has 0 fully saturated rings. The Morgan fingerprint density at radius 2 is 1.43 bits per heavy atom. The van der Waals surface area contributed by atoms with Crippen molar-refractivity contribution in [3.8, 4) is 0 Å². The third kappa shape index (κ3) is 5.55. The lowest BCUT2D eigenvalue weighted by molar-refractivity contribution is -0.120. The molecular weight excluding hydrogens is 348 g/mol. The van der Waals surface area contributed by atoms with Crippen LogP contribution in [0.3, 0.4) is 0 Å². The highest BCUT2D eigenvalue weighted by molar-refractivity contribution is 5.92. The van der Waals surface area contributed by atoms with E-state index >= 15 is 0 Å². The van der Waals surface area contributed by atoms with Crippen LogP contribution in [-0.2, 0) is 16.0 Å². The molecule has 4 heteroatoms. The highest BCUT2D eigenvalue weighted by atomic mass is 16.2. The summed E-state index contributed by atoms with van der Waals surface area (Å²) < 4.78 is 0. The van der Waals surface area contributed by atoms with Gasteiger partial charge in [-0.1, -0.05) is 78.9 Å². The minimum Gasteiger partial charge on any atom is -0.349 e. The molecule has 1 atom stereocenters. The number of carbonyl (C=O) groups excluding carboxylic acids is 2. The summed E-state index contributed by atoms with van der Waals surface area (Å²) >= 11 is 0. The van der Waals surface area contributed by atoms with E-state index in [2.05, 4.69) is 22.8 Å². The number of hydrogen-bond acceptors (Lipinski definition) is 2. The van der Waals surface area contributed by atoms with Crippen molar-refractivity contribution in [3.05, 3.63) is 102 Å². The van der Waals surface area contributed by atoms with E-state index < -0.39 is 0 Å². The average molecular weight is 372 g/mol. The van der Waals surface area contributed by atoms with Gasteiger partial charge in [-0.2, -0.15) is 0 Å². The lowest BCUT2D eigenvalue weighted by Gasteiger charge is -2.19. The van der Waals surface area contributed by atoms with Crippen LogP contribution in [0.1, 0.15) is 36.1 Å². The Morgan fingerprint density at radius 3 is 2.11 bits per heavy atom. The van der Waals surface area contributed by atoms with E-state index in [4.69, 9.17) is 0 Å². The number of benzene rings is 3. The average Bonchev–Trinajstić information content (AvgIpc) is 2.70. The maximum atomic E-state index is 12.7. The van der Waals surface area contributed by atoms with Crippen molar-refractivity contribution in [3.63, 3.8) is 0 Å². The molecule has 3 aromatic rings. The van der Waals surface area contributed by atoms with Crippen molar-refractivity contribution in [1.82, 2.24) is 5.32 Å². The second kappa shape index (κ2) is 9.51. The molecule has 3 rings (SSSR count). The summed E-state index contributed by atoms with van der Waals surface area (Å²) in [7, 11) is 0. The Labute approximate surface area is 165 Å². The lowest BCUT2D eigenvalue weighted by atomic mass is 10.0. The maximum Gasteiger partial charge on any atom is 0.226 e. The van der Waals surface area contributed by atoms with Crippen LogP contribution in [0.25, 0.3) is 0 Å². The molecule has 0 saturated heterocycles. The first-order valence-electron chi connectivity index (χ1n) is 9.35. The third-order valence-corrected chi connectivity index (χ3v) is 4.50. The van der Waals surface area contributed by atoms with E-state index in [1.165, 1.54) is 12.5 Å². The molecule has 142 valence electrons. The van der Waals surface area contributed by atoms with Crippen molar-refractivity contribution in [2.24, 2.45) is 0 Å². The minimum absolute atomic E-state index is 0.136. The molecule has 0 aliphatic carbocycles. The number of para-hydroxylation sites is 1. The zero-order valence-corrected chi connectivity index (χ0v) is 15.9. The van der Waals surface area contributed by atoms with Crippen molar-refractivity contribution < 1.29 is 9.59 Å². The number of nitrogens with one attached hydrogen (secondary N) is 2. The molecule has 0 heterocycles. The standard InChI is InChI=1S/C24H24N2O2/c1-18(27)25-23(20-12-6-3-7-13-20)17-24(28)26-22-15-9-8-14-21(22)16-19-10-4-2-5-11-19/h2-15,23H,16-17H2,1H3,(H,25,27)(H,26,28)/t23-/m0/s1. The van der Waals surface area contributed by atoms with Crippen LogP contribution >= 0.6 is 0 Å². The largest absolute Gasteiger partial charge is 0.349 e. The first-order chi connectivity index (χ1) is 13.6. The highest BCUT2D eigenvalue weighted by Gasteiger charge is 2.17. The van der Waals surface area contributed by atoms with Crippen LogP contribution in [0, 0.1) is 0 Å². The van der Waals surface area contributed by atoms with Gasteiger partial charge in [0.2, 0.25) is 11.8 Å². The van der Waals surface area contributed by atoms with Gasteiger partial charge in [-0.3, -0.25) is 9.59 Å². The van der Waals surface area contributed by atoms with Crippen LogP contribution in [-0.4, -0.2) is 11.8 Å². The zero-order valence-electron chi connectivity index (χ0n) is 15.9. The number of amides is 2. The second-order valence-electron chi connectivity index (χ2n) is 6.74. The normalized spacial score (nSPS) is 11.5. The Hall–Kier alpha value is -3.40. The molecule has 2 N–H and O–H groups in total. The molecule has 0 spiro atoms. The van der Waals surface area contributed by atoms with E-state index in [-0.39, 0.29) is 24.3 Å². The number of rotatable bonds is 7. The van der Waals surface area contributed by atoms with Crippen molar-refractivity contribution in [2.45, 2.75) is 25.8 Å². The molecule has 0 unspecified atom stereocenters. The van der Waals surface area contributed by atoms with Gasteiger partial charge in [0, 0.05) is 12.6 Å². The van der Waals surface area contributed by atoms with Crippen LogP contribution in [0.5, 0.6) is 0 Å². The van der Waals surface area contributed by atoms with Gasteiger partial charge in [0.15, 0.2) is 0 Å². The monoisotopic (exact) mass is 372 g/mol. The Morgan fingerprint density at radius 1 is 0.821 bits per heavy atom. The van der Waals surface area contributed by atoms with Gasteiger partial charge < -0.3 is 10.6 Å². The third-order valence-electron chi connectivity index (χ3n) is 4.50. The fraction of sp³-hybridized carbons (Fsp3) is 0.167. The number of carbonyl (C=O) groups is 2. The van der Waals surface area contributed by atoms with Gasteiger partial charge in [-0.05, 0) is 29.2 Å². The molecule has 0 saturated carbocycles. The van der Waals surface area contributed by atoms with Gasteiger partial charge in [-0.25, -0.2) is 0 Å². The van der Waals surface area contributed by atoms with E-state index in [0.717, 1.165) is 23.2 Å². The van der Waals surface area contributed by atoms with Crippen LogP contribution in [0.15, 0.2) is 84.9 Å². The van der Waals surface area contributed by atoms with Crippen molar-refractivity contribution in [1.29, 1.82) is 0 Å². The van der Waals surface area contributed by atoms with Gasteiger partial charge in [0.25, 0.3) is 0 Å². The van der Waals surface area contributed by atoms with Crippen LogP contribution in [0.2, 0.25) is 0 Å². The van der Waals surface area contributed by atoms with E-state index in [0.29, 0.717) is 0 Å². The summed E-state index contributed by atoms with van der Waals surface area (Å²) in [5, 5.41) is 5.88. The van der Waals surface area contributed by atoms with Crippen molar-refractivity contribution >= 4 is 17.5 Å². The van der Waals surface area contributed by atoms with Gasteiger partial charge in [0.05, 0.1) is 12.5 Å².